The molecule has 1 amide bonds. The van der Waals surface area contributed by atoms with Crippen LogP contribution in [-0.2, 0) is 16.1 Å². The summed E-state index contributed by atoms with van der Waals surface area (Å²) in [6, 6.07) is 0. The van der Waals surface area contributed by atoms with E-state index in [1.807, 2.05) is 0 Å². The topological polar surface area (TPSA) is 165 Å². The highest BCUT2D eigenvalue weighted by molar-refractivity contribution is 5.85. The van der Waals surface area contributed by atoms with E-state index in [0.29, 0.717) is 25.8 Å². The number of imidazole rings is 1. The highest BCUT2D eigenvalue weighted by Gasteiger charge is 2.17. The number of fused-ring (bicyclic) bond motifs is 1. The fraction of sp³-hybridized carbons (Fsp3) is 0.462. The summed E-state index contributed by atoms with van der Waals surface area (Å²) in [4.78, 5) is 44.3. The van der Waals surface area contributed by atoms with Crippen molar-refractivity contribution >= 4 is 35.1 Å². The second-order valence-corrected chi connectivity index (χ2v) is 5.03. The number of rotatable bonds is 7. The molecule has 0 radical (unpaired) electrons. The molecular formula is C13H18N6O5. The quantitative estimate of drug-likeness (QED) is 0.530. The van der Waals surface area contributed by atoms with Crippen LogP contribution in [0.4, 0.5) is 16.7 Å². The van der Waals surface area contributed by atoms with Gasteiger partial charge < -0.3 is 15.6 Å². The Kier molecular flexibility index (Phi) is 5.35. The molecule has 0 spiro atoms. The number of aliphatic carboxylic acids is 1. The van der Waals surface area contributed by atoms with E-state index in [4.69, 9.17) is 10.8 Å². The van der Waals surface area contributed by atoms with Gasteiger partial charge in [0.2, 0.25) is 11.9 Å². The van der Waals surface area contributed by atoms with Crippen molar-refractivity contribution in [2.45, 2.75) is 32.2 Å². The number of carboxylic acids is 1. The maximum absolute atomic E-state index is 11.9. The summed E-state index contributed by atoms with van der Waals surface area (Å²) in [5.74, 6) is -0.806. The zero-order chi connectivity index (χ0) is 17.7. The number of carboxylic acid groups (broad SMARTS) is 1. The van der Waals surface area contributed by atoms with Gasteiger partial charge in [-0.2, -0.15) is 4.98 Å². The van der Waals surface area contributed by atoms with Crippen LogP contribution in [0.2, 0.25) is 0 Å². The number of nitrogens with one attached hydrogen (secondary N) is 2. The van der Waals surface area contributed by atoms with E-state index >= 15 is 0 Å². The number of ether oxygens (including phenoxy) is 1. The average Bonchev–Trinajstić information content (AvgIpc) is 2.84. The molecule has 5 N–H and O–H groups in total. The summed E-state index contributed by atoms with van der Waals surface area (Å²) in [6.07, 6.45) is 1.15. The number of unbranched alkanes of at least 4 members (excludes halogenated alkanes) is 2. The number of aryl methyl sites for hydroxylation is 1. The minimum absolute atomic E-state index is 0.0427. The maximum Gasteiger partial charge on any atom is 0.413 e. The largest absolute Gasteiger partial charge is 0.481 e. The molecule has 11 heteroatoms. The normalized spacial score (nSPS) is 10.7. The molecule has 0 saturated heterocycles. The smallest absolute Gasteiger partial charge is 0.413 e. The van der Waals surface area contributed by atoms with Crippen molar-refractivity contribution in [3.8, 4) is 0 Å². The summed E-state index contributed by atoms with van der Waals surface area (Å²) < 4.78 is 6.07. The second kappa shape index (κ2) is 7.44. The van der Waals surface area contributed by atoms with Crippen LogP contribution in [0.25, 0.3) is 11.2 Å². The summed E-state index contributed by atoms with van der Waals surface area (Å²) in [6.45, 7) is 0.380. The van der Waals surface area contributed by atoms with Gasteiger partial charge in [0.15, 0.2) is 11.2 Å². The van der Waals surface area contributed by atoms with E-state index in [1.54, 1.807) is 4.57 Å². The lowest BCUT2D eigenvalue weighted by molar-refractivity contribution is -0.137. The lowest BCUT2D eigenvalue weighted by atomic mass is 10.2. The Balaban J connectivity index is 2.26. The summed E-state index contributed by atoms with van der Waals surface area (Å²) in [5, 5.41) is 11.0. The van der Waals surface area contributed by atoms with Gasteiger partial charge in [-0.1, -0.05) is 6.42 Å². The Morgan fingerprint density at radius 2 is 2.08 bits per heavy atom. The highest BCUT2D eigenvalue weighted by Crippen LogP contribution is 2.17. The standard InChI is InChI=1S/C13H18N6O5/c1-24-13(23)18-12-15-8-9(16-11(14)17-10(8)22)19(12)6-4-2-3-5-7(20)21/h2-6H2,1H3,(H,20,21)(H,15,18,23)(H3,14,16,17,22). The Labute approximate surface area is 135 Å². The van der Waals surface area contributed by atoms with Gasteiger partial charge in [0.05, 0.1) is 7.11 Å². The molecule has 0 fully saturated rings. The highest BCUT2D eigenvalue weighted by atomic mass is 16.5. The summed E-state index contributed by atoms with van der Waals surface area (Å²) >= 11 is 0. The van der Waals surface area contributed by atoms with Gasteiger partial charge in [-0.25, -0.2) is 9.78 Å². The number of nitrogens with two attached hydrogens (primary N) is 1. The number of anilines is 2. The van der Waals surface area contributed by atoms with Crippen molar-refractivity contribution in [3.05, 3.63) is 10.4 Å². The van der Waals surface area contributed by atoms with Gasteiger partial charge in [0.25, 0.3) is 5.56 Å². The molecule has 2 heterocycles. The van der Waals surface area contributed by atoms with Gasteiger partial charge in [0, 0.05) is 13.0 Å². The molecule has 0 aliphatic rings. The monoisotopic (exact) mass is 338 g/mol. The lowest BCUT2D eigenvalue weighted by Gasteiger charge is -2.08. The number of carbonyl (C=O) groups excluding carboxylic acids is 1. The molecule has 0 unspecified atom stereocenters. The SMILES string of the molecule is COC(=O)Nc1nc2c(=O)[nH]c(N)nc2n1CCCCCC(=O)O. The molecule has 2 aromatic rings. The fourth-order valence-corrected chi connectivity index (χ4v) is 2.20. The number of aromatic amines is 1. The number of aromatic nitrogens is 4. The first-order valence-corrected chi connectivity index (χ1v) is 7.25. The van der Waals surface area contributed by atoms with Crippen molar-refractivity contribution in [1.29, 1.82) is 0 Å². The Morgan fingerprint density at radius 3 is 2.75 bits per heavy atom. The number of H-pyrrole nitrogens is 1. The number of nitrogens with zero attached hydrogens (tertiary/aromatic N) is 3. The predicted molar refractivity (Wildman–Crippen MR) is 84.7 cm³/mol. The average molecular weight is 338 g/mol. The van der Waals surface area contributed by atoms with Crippen LogP contribution < -0.4 is 16.6 Å². The molecule has 24 heavy (non-hydrogen) atoms. The first-order chi connectivity index (χ1) is 11.4. The fourth-order valence-electron chi connectivity index (χ4n) is 2.20. The maximum atomic E-state index is 11.9. The van der Waals surface area contributed by atoms with Crippen LogP contribution >= 0.6 is 0 Å². The van der Waals surface area contributed by atoms with E-state index < -0.39 is 17.6 Å². The molecule has 0 aliphatic heterocycles. The Bertz CT molecular complexity index is 811. The summed E-state index contributed by atoms with van der Waals surface area (Å²) in [7, 11) is 1.21. The zero-order valence-electron chi connectivity index (χ0n) is 13.0. The molecule has 0 aliphatic carbocycles. The number of hydrogen-bond acceptors (Lipinski definition) is 7. The van der Waals surface area contributed by atoms with Crippen molar-refractivity contribution in [1.82, 2.24) is 19.5 Å². The molecule has 0 aromatic carbocycles. The predicted octanol–water partition coefficient (Wildman–Crippen LogP) is 0.525. The molecule has 11 nitrogen and oxygen atoms in total. The molecule has 2 aromatic heterocycles. The number of amides is 1. The van der Waals surface area contributed by atoms with Crippen LogP contribution in [0.5, 0.6) is 0 Å². The Morgan fingerprint density at radius 1 is 1.33 bits per heavy atom. The van der Waals surface area contributed by atoms with Crippen molar-refractivity contribution in [3.63, 3.8) is 0 Å². The van der Waals surface area contributed by atoms with Crippen molar-refractivity contribution < 1.29 is 19.4 Å². The first kappa shape index (κ1) is 17.2. The molecule has 130 valence electrons. The zero-order valence-corrected chi connectivity index (χ0v) is 13.0. The van der Waals surface area contributed by atoms with Crippen molar-refractivity contribution in [2.24, 2.45) is 0 Å². The third kappa shape index (κ3) is 4.00. The van der Waals surface area contributed by atoms with E-state index in [-0.39, 0.29) is 29.5 Å². The van der Waals surface area contributed by atoms with Crippen LogP contribution in [0, 0.1) is 0 Å². The number of carbonyl (C=O) groups is 2. The third-order valence-electron chi connectivity index (χ3n) is 3.30. The molecule has 0 bridgehead atoms. The van der Waals surface area contributed by atoms with Crippen LogP contribution in [-0.4, -0.2) is 43.8 Å². The third-order valence-corrected chi connectivity index (χ3v) is 3.30. The number of nitrogen functional groups attached to an aromatic ring is 1. The van der Waals surface area contributed by atoms with E-state index in [2.05, 4.69) is 25.0 Å². The van der Waals surface area contributed by atoms with Crippen LogP contribution in [0.3, 0.4) is 0 Å². The van der Waals surface area contributed by atoms with Crippen molar-refractivity contribution in [2.75, 3.05) is 18.2 Å². The van der Waals surface area contributed by atoms with Crippen LogP contribution in [0.15, 0.2) is 4.79 Å². The van der Waals surface area contributed by atoms with E-state index in [0.717, 1.165) is 0 Å². The van der Waals surface area contributed by atoms with E-state index in [9.17, 15) is 14.4 Å². The molecule has 0 saturated carbocycles. The minimum Gasteiger partial charge on any atom is -0.481 e. The molecule has 2 rings (SSSR count). The second-order valence-electron chi connectivity index (χ2n) is 5.03. The lowest BCUT2D eigenvalue weighted by Crippen LogP contribution is -2.16. The number of hydrogen-bond donors (Lipinski definition) is 4. The van der Waals surface area contributed by atoms with Gasteiger partial charge in [-0.15, -0.1) is 0 Å². The molecule has 0 atom stereocenters. The molecular weight excluding hydrogens is 320 g/mol. The van der Waals surface area contributed by atoms with Gasteiger partial charge in [0.1, 0.15) is 0 Å². The summed E-state index contributed by atoms with van der Waals surface area (Å²) in [5.41, 5.74) is 5.32. The van der Waals surface area contributed by atoms with E-state index in [1.165, 1.54) is 7.11 Å². The van der Waals surface area contributed by atoms with Crippen LogP contribution in [0.1, 0.15) is 25.7 Å². The Hall–Kier alpha value is -3.11. The van der Waals surface area contributed by atoms with Gasteiger partial charge in [-0.3, -0.25) is 24.5 Å². The first-order valence-electron chi connectivity index (χ1n) is 7.25. The van der Waals surface area contributed by atoms with Gasteiger partial charge >= 0.3 is 12.1 Å². The minimum atomic E-state index is -0.850. The van der Waals surface area contributed by atoms with Gasteiger partial charge in [-0.05, 0) is 12.8 Å². The number of methoxy groups -OCH3 is 1.